The van der Waals surface area contributed by atoms with Crippen LogP contribution in [-0.4, -0.2) is 33.6 Å². The highest BCUT2D eigenvalue weighted by Crippen LogP contribution is 2.23. The number of hydrogen-bond donors (Lipinski definition) is 1. The zero-order valence-electron chi connectivity index (χ0n) is 10.7. The van der Waals surface area contributed by atoms with Gasteiger partial charge in [-0.1, -0.05) is 6.92 Å². The highest BCUT2D eigenvalue weighted by molar-refractivity contribution is 5.83. The fraction of sp³-hybridized carbons (Fsp3) is 0.545. The molecule has 0 spiro atoms. The molecule has 1 atom stereocenters. The summed E-state index contributed by atoms with van der Waals surface area (Å²) in [6.07, 6.45) is 2.80. The van der Waals surface area contributed by atoms with Gasteiger partial charge in [-0.05, 0) is 13.3 Å². The van der Waals surface area contributed by atoms with Crippen LogP contribution in [0.1, 0.15) is 26.3 Å². The maximum atomic E-state index is 5.90. The van der Waals surface area contributed by atoms with Crippen molar-refractivity contribution in [3.05, 3.63) is 6.33 Å². The molecule has 0 bridgehead atoms. The van der Waals surface area contributed by atoms with E-state index in [1.165, 1.54) is 0 Å². The number of anilines is 2. The predicted octanol–water partition coefficient (Wildman–Crippen LogP) is 1.45. The molecule has 1 unspecified atom stereocenters. The molecule has 92 valence electrons. The van der Waals surface area contributed by atoms with E-state index < -0.39 is 0 Å². The molecule has 2 heterocycles. The highest BCUT2D eigenvalue weighted by Gasteiger charge is 2.14. The molecule has 6 heteroatoms. The molecule has 0 amide bonds. The summed E-state index contributed by atoms with van der Waals surface area (Å²) in [5, 5.41) is 0. The number of nitrogens with two attached hydrogens (primary N) is 1. The minimum absolute atomic E-state index is 0.351. The molecule has 0 aliphatic heterocycles. The molecule has 0 aliphatic rings. The average Bonchev–Trinajstić information content (AvgIpc) is 2.72. The predicted molar refractivity (Wildman–Crippen MR) is 69.1 cm³/mol. The molecule has 6 nitrogen and oxygen atoms in total. The third-order valence-corrected chi connectivity index (χ3v) is 2.90. The highest BCUT2D eigenvalue weighted by atomic mass is 15.3. The van der Waals surface area contributed by atoms with Gasteiger partial charge in [0, 0.05) is 20.1 Å². The molecular weight excluding hydrogens is 216 g/mol. The Balaban J connectivity index is 2.65. The molecule has 0 aromatic carbocycles. The summed E-state index contributed by atoms with van der Waals surface area (Å²) in [5.41, 5.74) is 7.37. The van der Waals surface area contributed by atoms with Crippen LogP contribution in [0.2, 0.25) is 0 Å². The fourth-order valence-corrected chi connectivity index (χ4v) is 1.65. The summed E-state index contributed by atoms with van der Waals surface area (Å²) in [7, 11) is 3.79. The largest absolute Gasteiger partial charge is 0.382 e. The number of nitrogen functional groups attached to an aromatic ring is 1. The van der Waals surface area contributed by atoms with Crippen LogP contribution in [0.25, 0.3) is 11.2 Å². The lowest BCUT2D eigenvalue weighted by Gasteiger charge is -2.14. The van der Waals surface area contributed by atoms with Crippen LogP contribution < -0.4 is 10.6 Å². The fourth-order valence-electron chi connectivity index (χ4n) is 1.65. The van der Waals surface area contributed by atoms with E-state index in [0.29, 0.717) is 23.3 Å². The number of fused-ring (bicyclic) bond motifs is 1. The summed E-state index contributed by atoms with van der Waals surface area (Å²) in [4.78, 5) is 14.8. The SMILES string of the molecule is CCC(C)n1cnc2c(N)nc(N(C)C)nc21. The Hall–Kier alpha value is -1.85. The van der Waals surface area contributed by atoms with Gasteiger partial charge in [0.05, 0.1) is 6.33 Å². The standard InChI is InChI=1S/C11H18N6/c1-5-7(2)17-6-13-8-9(12)14-11(16(3)4)15-10(8)17/h6-7H,5H2,1-4H3,(H2,12,14,15). The van der Waals surface area contributed by atoms with Gasteiger partial charge in [0.2, 0.25) is 5.95 Å². The van der Waals surface area contributed by atoms with Crippen molar-refractivity contribution >= 4 is 22.9 Å². The van der Waals surface area contributed by atoms with E-state index >= 15 is 0 Å². The minimum Gasteiger partial charge on any atom is -0.382 e. The van der Waals surface area contributed by atoms with Crippen LogP contribution in [0.15, 0.2) is 6.33 Å². The molecule has 2 N–H and O–H groups in total. The van der Waals surface area contributed by atoms with Crippen molar-refractivity contribution in [2.45, 2.75) is 26.3 Å². The quantitative estimate of drug-likeness (QED) is 0.870. The first-order chi connectivity index (χ1) is 8.04. The second kappa shape index (κ2) is 4.20. The van der Waals surface area contributed by atoms with E-state index in [4.69, 9.17) is 5.73 Å². The van der Waals surface area contributed by atoms with Crippen LogP contribution in [0.4, 0.5) is 11.8 Å². The van der Waals surface area contributed by atoms with Crippen LogP contribution in [0.3, 0.4) is 0 Å². The molecule has 0 aliphatic carbocycles. The van der Waals surface area contributed by atoms with Crippen LogP contribution >= 0.6 is 0 Å². The van der Waals surface area contributed by atoms with Crippen molar-refractivity contribution in [1.29, 1.82) is 0 Å². The molecule has 2 rings (SSSR count). The Labute approximate surface area is 100 Å². The Bertz CT molecular complexity index is 530. The number of nitrogens with zero attached hydrogens (tertiary/aromatic N) is 5. The van der Waals surface area contributed by atoms with Crippen molar-refractivity contribution in [3.63, 3.8) is 0 Å². The van der Waals surface area contributed by atoms with Crippen molar-refractivity contribution in [2.24, 2.45) is 0 Å². The molecule has 0 fully saturated rings. The van der Waals surface area contributed by atoms with E-state index in [-0.39, 0.29) is 0 Å². The van der Waals surface area contributed by atoms with E-state index in [1.54, 1.807) is 6.33 Å². The maximum Gasteiger partial charge on any atom is 0.228 e. The molecule has 0 saturated heterocycles. The Kier molecular flexibility index (Phi) is 2.87. The van der Waals surface area contributed by atoms with E-state index in [0.717, 1.165) is 12.1 Å². The van der Waals surface area contributed by atoms with Gasteiger partial charge in [0.1, 0.15) is 5.52 Å². The second-order valence-electron chi connectivity index (χ2n) is 4.38. The second-order valence-corrected chi connectivity index (χ2v) is 4.38. The monoisotopic (exact) mass is 234 g/mol. The van der Waals surface area contributed by atoms with Crippen molar-refractivity contribution in [3.8, 4) is 0 Å². The number of imidazole rings is 1. The molecular formula is C11H18N6. The van der Waals surface area contributed by atoms with Crippen LogP contribution in [0.5, 0.6) is 0 Å². The molecule has 0 saturated carbocycles. The van der Waals surface area contributed by atoms with Gasteiger partial charge in [-0.15, -0.1) is 0 Å². The lowest BCUT2D eigenvalue weighted by atomic mass is 10.2. The first-order valence-electron chi connectivity index (χ1n) is 5.72. The minimum atomic E-state index is 0.351. The first kappa shape index (κ1) is 11.6. The zero-order chi connectivity index (χ0) is 12.6. The lowest BCUT2D eigenvalue weighted by Crippen LogP contribution is -2.14. The number of rotatable bonds is 3. The summed E-state index contributed by atoms with van der Waals surface area (Å²) in [6.45, 7) is 4.27. The Morgan fingerprint density at radius 1 is 1.41 bits per heavy atom. The van der Waals surface area contributed by atoms with Crippen LogP contribution in [0, 0.1) is 0 Å². The molecule has 0 radical (unpaired) electrons. The van der Waals surface area contributed by atoms with Gasteiger partial charge in [-0.25, -0.2) is 4.98 Å². The average molecular weight is 234 g/mol. The summed E-state index contributed by atoms with van der Waals surface area (Å²) in [5.74, 6) is 1.04. The number of hydrogen-bond acceptors (Lipinski definition) is 5. The summed E-state index contributed by atoms with van der Waals surface area (Å²) in [6, 6.07) is 0.351. The van der Waals surface area contributed by atoms with Crippen LogP contribution in [-0.2, 0) is 0 Å². The van der Waals surface area contributed by atoms with Crippen molar-refractivity contribution < 1.29 is 0 Å². The summed E-state index contributed by atoms with van der Waals surface area (Å²) >= 11 is 0. The van der Waals surface area contributed by atoms with Gasteiger partial charge in [-0.2, -0.15) is 9.97 Å². The third-order valence-electron chi connectivity index (χ3n) is 2.90. The molecule has 2 aromatic heterocycles. The van der Waals surface area contributed by atoms with Gasteiger partial charge in [0.15, 0.2) is 11.5 Å². The van der Waals surface area contributed by atoms with Gasteiger partial charge < -0.3 is 15.2 Å². The normalized spacial score (nSPS) is 12.9. The van der Waals surface area contributed by atoms with Gasteiger partial charge in [-0.3, -0.25) is 0 Å². The van der Waals surface area contributed by atoms with E-state index in [1.807, 2.05) is 23.6 Å². The van der Waals surface area contributed by atoms with Gasteiger partial charge in [0.25, 0.3) is 0 Å². The number of aromatic nitrogens is 4. The van der Waals surface area contributed by atoms with Crippen molar-refractivity contribution in [1.82, 2.24) is 19.5 Å². The van der Waals surface area contributed by atoms with E-state index in [9.17, 15) is 0 Å². The lowest BCUT2D eigenvalue weighted by molar-refractivity contribution is 0.541. The third kappa shape index (κ3) is 1.90. The van der Waals surface area contributed by atoms with E-state index in [2.05, 4.69) is 28.8 Å². The summed E-state index contributed by atoms with van der Waals surface area (Å²) < 4.78 is 2.04. The maximum absolute atomic E-state index is 5.90. The Morgan fingerprint density at radius 2 is 2.12 bits per heavy atom. The topological polar surface area (TPSA) is 72.9 Å². The molecule has 2 aromatic rings. The zero-order valence-corrected chi connectivity index (χ0v) is 10.7. The van der Waals surface area contributed by atoms with Crippen molar-refractivity contribution in [2.75, 3.05) is 24.7 Å². The van der Waals surface area contributed by atoms with Gasteiger partial charge >= 0.3 is 0 Å². The first-order valence-corrected chi connectivity index (χ1v) is 5.72. The Morgan fingerprint density at radius 3 is 2.71 bits per heavy atom. The smallest absolute Gasteiger partial charge is 0.228 e. The molecule has 17 heavy (non-hydrogen) atoms.